The average Bonchev–Trinajstić information content (AvgIpc) is 2.30. The van der Waals surface area contributed by atoms with Crippen molar-refractivity contribution >= 4 is 5.97 Å². The Hall–Kier alpha value is -1.55. The molecule has 0 amide bonds. The van der Waals surface area contributed by atoms with Crippen LogP contribution in [0.1, 0.15) is 15.9 Å². The van der Waals surface area contributed by atoms with Gasteiger partial charge < -0.3 is 14.2 Å². The monoisotopic (exact) mass is 224 g/mol. The molecule has 0 fully saturated rings. The van der Waals surface area contributed by atoms with Crippen molar-refractivity contribution in [2.75, 3.05) is 27.4 Å². The highest BCUT2D eigenvalue weighted by Gasteiger charge is 2.14. The predicted octanol–water partition coefficient (Wildman–Crippen LogP) is 1.81. The summed E-state index contributed by atoms with van der Waals surface area (Å²) in [6.07, 6.45) is 0. The van der Waals surface area contributed by atoms with E-state index in [1.807, 2.05) is 13.0 Å². The minimum Gasteiger partial charge on any atom is -0.490 e. The Bertz CT molecular complexity index is 360. The second-order valence-corrected chi connectivity index (χ2v) is 3.28. The zero-order valence-corrected chi connectivity index (χ0v) is 9.78. The van der Waals surface area contributed by atoms with Crippen LogP contribution in [0.15, 0.2) is 18.2 Å². The van der Waals surface area contributed by atoms with Crippen LogP contribution in [0.5, 0.6) is 5.75 Å². The number of hydrogen-bond acceptors (Lipinski definition) is 4. The summed E-state index contributed by atoms with van der Waals surface area (Å²) in [4.78, 5) is 11.5. The van der Waals surface area contributed by atoms with Crippen LogP contribution in [-0.4, -0.2) is 33.4 Å². The Morgan fingerprint density at radius 2 is 2.00 bits per heavy atom. The molecule has 16 heavy (non-hydrogen) atoms. The average molecular weight is 224 g/mol. The fraction of sp³-hybridized carbons (Fsp3) is 0.417. The number of para-hydroxylation sites is 1. The maximum atomic E-state index is 11.5. The van der Waals surface area contributed by atoms with Gasteiger partial charge in [0, 0.05) is 7.11 Å². The lowest BCUT2D eigenvalue weighted by Crippen LogP contribution is -2.10. The molecular weight excluding hydrogens is 208 g/mol. The normalized spacial score (nSPS) is 9.94. The third-order valence-corrected chi connectivity index (χ3v) is 2.15. The third-order valence-electron chi connectivity index (χ3n) is 2.15. The first kappa shape index (κ1) is 12.5. The van der Waals surface area contributed by atoms with Crippen molar-refractivity contribution in [1.29, 1.82) is 0 Å². The summed E-state index contributed by atoms with van der Waals surface area (Å²) in [7, 11) is 2.95. The van der Waals surface area contributed by atoms with Gasteiger partial charge in [-0.25, -0.2) is 4.79 Å². The van der Waals surface area contributed by atoms with E-state index >= 15 is 0 Å². The maximum absolute atomic E-state index is 11.5. The first-order chi connectivity index (χ1) is 7.70. The molecule has 4 nitrogen and oxygen atoms in total. The summed E-state index contributed by atoms with van der Waals surface area (Å²) in [5.74, 6) is 0.169. The Morgan fingerprint density at radius 3 is 2.62 bits per heavy atom. The Labute approximate surface area is 95.1 Å². The fourth-order valence-corrected chi connectivity index (χ4v) is 1.34. The molecule has 0 bridgehead atoms. The highest BCUT2D eigenvalue weighted by Crippen LogP contribution is 2.23. The number of esters is 1. The van der Waals surface area contributed by atoms with Gasteiger partial charge in [-0.2, -0.15) is 0 Å². The van der Waals surface area contributed by atoms with Gasteiger partial charge in [0.15, 0.2) is 0 Å². The van der Waals surface area contributed by atoms with Gasteiger partial charge in [0.1, 0.15) is 17.9 Å². The molecular formula is C12H16O4. The lowest BCUT2D eigenvalue weighted by atomic mass is 10.1. The molecule has 0 radical (unpaired) electrons. The lowest BCUT2D eigenvalue weighted by molar-refractivity contribution is 0.0593. The van der Waals surface area contributed by atoms with Crippen molar-refractivity contribution in [3.05, 3.63) is 29.3 Å². The minimum absolute atomic E-state index is 0.392. The summed E-state index contributed by atoms with van der Waals surface area (Å²) in [6.45, 7) is 2.77. The molecule has 0 aliphatic rings. The molecule has 0 N–H and O–H groups in total. The van der Waals surface area contributed by atoms with Crippen molar-refractivity contribution in [3.63, 3.8) is 0 Å². The fourth-order valence-electron chi connectivity index (χ4n) is 1.34. The Morgan fingerprint density at radius 1 is 1.25 bits per heavy atom. The molecule has 0 saturated carbocycles. The number of hydrogen-bond donors (Lipinski definition) is 0. The quantitative estimate of drug-likeness (QED) is 0.565. The van der Waals surface area contributed by atoms with Crippen molar-refractivity contribution in [3.8, 4) is 5.75 Å². The molecule has 0 aromatic heterocycles. The van der Waals surface area contributed by atoms with Gasteiger partial charge in [-0.15, -0.1) is 0 Å². The molecule has 0 spiro atoms. The maximum Gasteiger partial charge on any atom is 0.341 e. The highest BCUT2D eigenvalue weighted by molar-refractivity contribution is 5.92. The van der Waals surface area contributed by atoms with Crippen molar-refractivity contribution in [1.82, 2.24) is 0 Å². The molecule has 0 atom stereocenters. The van der Waals surface area contributed by atoms with Crippen LogP contribution in [0.25, 0.3) is 0 Å². The first-order valence-electron chi connectivity index (χ1n) is 5.00. The largest absolute Gasteiger partial charge is 0.490 e. The second kappa shape index (κ2) is 6.12. The van der Waals surface area contributed by atoms with E-state index in [4.69, 9.17) is 9.47 Å². The molecule has 0 aliphatic heterocycles. The first-order valence-corrected chi connectivity index (χ1v) is 5.00. The van der Waals surface area contributed by atoms with Gasteiger partial charge in [-0.05, 0) is 18.6 Å². The van der Waals surface area contributed by atoms with Crippen LogP contribution in [-0.2, 0) is 9.47 Å². The van der Waals surface area contributed by atoms with E-state index in [9.17, 15) is 4.79 Å². The van der Waals surface area contributed by atoms with Gasteiger partial charge in [-0.3, -0.25) is 0 Å². The zero-order chi connectivity index (χ0) is 12.0. The molecule has 88 valence electrons. The van der Waals surface area contributed by atoms with Crippen LogP contribution in [0.2, 0.25) is 0 Å². The predicted molar refractivity (Wildman–Crippen MR) is 59.9 cm³/mol. The van der Waals surface area contributed by atoms with E-state index in [2.05, 4.69) is 4.74 Å². The molecule has 0 heterocycles. The summed E-state index contributed by atoms with van der Waals surface area (Å²) < 4.78 is 15.1. The van der Waals surface area contributed by atoms with Gasteiger partial charge in [0.05, 0.1) is 13.7 Å². The van der Waals surface area contributed by atoms with Crippen molar-refractivity contribution in [2.24, 2.45) is 0 Å². The number of carbonyl (C=O) groups excluding carboxylic acids is 1. The molecule has 1 rings (SSSR count). The zero-order valence-electron chi connectivity index (χ0n) is 9.78. The van der Waals surface area contributed by atoms with Gasteiger partial charge in [0.2, 0.25) is 0 Å². The van der Waals surface area contributed by atoms with Crippen molar-refractivity contribution < 1.29 is 19.0 Å². The summed E-state index contributed by atoms with van der Waals surface area (Å²) >= 11 is 0. The van der Waals surface area contributed by atoms with E-state index in [0.29, 0.717) is 24.5 Å². The number of rotatable bonds is 5. The second-order valence-electron chi connectivity index (χ2n) is 3.28. The summed E-state index contributed by atoms with van der Waals surface area (Å²) in [6, 6.07) is 5.36. The van der Waals surface area contributed by atoms with E-state index in [-0.39, 0.29) is 0 Å². The van der Waals surface area contributed by atoms with Crippen LogP contribution < -0.4 is 4.74 Å². The van der Waals surface area contributed by atoms with Gasteiger partial charge in [-0.1, -0.05) is 12.1 Å². The number of benzene rings is 1. The molecule has 4 heteroatoms. The standard InChI is InChI=1S/C12H16O4/c1-9-5-4-6-10(12(13)15-3)11(9)16-8-7-14-2/h4-6H,7-8H2,1-3H3. The number of methoxy groups -OCH3 is 2. The lowest BCUT2D eigenvalue weighted by Gasteiger charge is -2.12. The van der Waals surface area contributed by atoms with Gasteiger partial charge in [0.25, 0.3) is 0 Å². The summed E-state index contributed by atoms with van der Waals surface area (Å²) in [5.41, 5.74) is 1.35. The summed E-state index contributed by atoms with van der Waals surface area (Å²) in [5, 5.41) is 0. The van der Waals surface area contributed by atoms with E-state index in [1.54, 1.807) is 19.2 Å². The number of aryl methyl sites for hydroxylation is 1. The Kier molecular flexibility index (Phi) is 4.79. The molecule has 0 aliphatic carbocycles. The topological polar surface area (TPSA) is 44.8 Å². The molecule has 1 aromatic carbocycles. The van der Waals surface area contributed by atoms with Crippen LogP contribution >= 0.6 is 0 Å². The van der Waals surface area contributed by atoms with E-state index in [1.165, 1.54) is 7.11 Å². The molecule has 0 saturated heterocycles. The number of ether oxygens (including phenoxy) is 3. The highest BCUT2D eigenvalue weighted by atomic mass is 16.5. The van der Waals surface area contributed by atoms with Crippen LogP contribution in [0.3, 0.4) is 0 Å². The third kappa shape index (κ3) is 2.97. The smallest absolute Gasteiger partial charge is 0.341 e. The van der Waals surface area contributed by atoms with E-state index in [0.717, 1.165) is 5.56 Å². The van der Waals surface area contributed by atoms with Crippen LogP contribution in [0.4, 0.5) is 0 Å². The molecule has 1 aromatic rings. The van der Waals surface area contributed by atoms with Gasteiger partial charge >= 0.3 is 5.97 Å². The van der Waals surface area contributed by atoms with Crippen LogP contribution in [0, 0.1) is 6.92 Å². The molecule has 0 unspecified atom stereocenters. The number of carbonyl (C=O) groups is 1. The Balaban J connectivity index is 2.90. The van der Waals surface area contributed by atoms with Crippen molar-refractivity contribution in [2.45, 2.75) is 6.92 Å². The SMILES string of the molecule is COCCOc1c(C)cccc1C(=O)OC. The minimum atomic E-state index is -0.392. The van der Waals surface area contributed by atoms with E-state index < -0.39 is 5.97 Å².